The standard InChI is InChI=1S/C54H34N4/c1-3-15-36(16-4-1)46-34-47(56-54(55-46)37-17-5-2-6-18-37)40-27-29-42-39(32-40)20-13-25-48(42)58-50-24-12-10-22-45(50)52-51(58)31-30-44-43-21-9-11-23-49(43)57(53(44)52)41-28-26-35-14-7-8-19-38(35)33-41/h1-34H. The fourth-order valence-electron chi connectivity index (χ4n) is 9.04. The molecule has 0 saturated heterocycles. The van der Waals surface area contributed by atoms with Crippen molar-refractivity contribution in [2.75, 3.05) is 0 Å². The van der Waals surface area contributed by atoms with Crippen LogP contribution in [0.5, 0.6) is 0 Å². The van der Waals surface area contributed by atoms with Crippen LogP contribution in [0, 0.1) is 0 Å². The smallest absolute Gasteiger partial charge is 0.160 e. The van der Waals surface area contributed by atoms with Gasteiger partial charge < -0.3 is 9.13 Å². The molecule has 0 aliphatic carbocycles. The topological polar surface area (TPSA) is 35.6 Å². The lowest BCUT2D eigenvalue weighted by Crippen LogP contribution is -1.97. The molecule has 0 bridgehead atoms. The summed E-state index contributed by atoms with van der Waals surface area (Å²) in [5, 5.41) is 9.75. The van der Waals surface area contributed by atoms with Gasteiger partial charge in [0.1, 0.15) is 0 Å². The molecular weight excluding hydrogens is 705 g/mol. The summed E-state index contributed by atoms with van der Waals surface area (Å²) in [6.07, 6.45) is 0. The first-order chi connectivity index (χ1) is 28.8. The number of para-hydroxylation sites is 2. The molecule has 9 aromatic carbocycles. The first kappa shape index (κ1) is 32.4. The molecule has 0 fully saturated rings. The number of rotatable bonds is 5. The molecule has 0 atom stereocenters. The lowest BCUT2D eigenvalue weighted by atomic mass is 10.0. The molecule has 0 amide bonds. The summed E-state index contributed by atoms with van der Waals surface area (Å²) in [6.45, 7) is 0. The zero-order valence-corrected chi connectivity index (χ0v) is 31.4. The Kier molecular flexibility index (Phi) is 7.20. The minimum atomic E-state index is 0.712. The summed E-state index contributed by atoms with van der Waals surface area (Å²) in [7, 11) is 0. The van der Waals surface area contributed by atoms with Crippen molar-refractivity contribution in [3.63, 3.8) is 0 Å². The Morgan fingerprint density at radius 2 is 0.966 bits per heavy atom. The predicted molar refractivity (Wildman–Crippen MR) is 242 cm³/mol. The van der Waals surface area contributed by atoms with Gasteiger partial charge >= 0.3 is 0 Å². The molecular formula is C54H34N4. The third-order valence-corrected chi connectivity index (χ3v) is 11.7. The van der Waals surface area contributed by atoms with E-state index in [-0.39, 0.29) is 0 Å². The average molecular weight is 739 g/mol. The molecule has 3 heterocycles. The molecule has 58 heavy (non-hydrogen) atoms. The van der Waals surface area contributed by atoms with Crippen molar-refractivity contribution in [2.45, 2.75) is 0 Å². The first-order valence-electron chi connectivity index (χ1n) is 19.7. The summed E-state index contributed by atoms with van der Waals surface area (Å²) in [5.41, 5.74) is 11.9. The van der Waals surface area contributed by atoms with Crippen molar-refractivity contribution >= 4 is 65.2 Å². The molecule has 3 aromatic heterocycles. The van der Waals surface area contributed by atoms with E-state index in [0.29, 0.717) is 5.82 Å². The van der Waals surface area contributed by atoms with Gasteiger partial charge in [-0.3, -0.25) is 0 Å². The van der Waals surface area contributed by atoms with E-state index < -0.39 is 0 Å². The van der Waals surface area contributed by atoms with Gasteiger partial charge in [0.2, 0.25) is 0 Å². The highest BCUT2D eigenvalue weighted by molar-refractivity contribution is 6.26. The number of benzene rings is 9. The highest BCUT2D eigenvalue weighted by Crippen LogP contribution is 2.43. The van der Waals surface area contributed by atoms with E-state index in [9.17, 15) is 0 Å². The molecule has 0 spiro atoms. The minimum Gasteiger partial charge on any atom is -0.309 e. The maximum Gasteiger partial charge on any atom is 0.160 e. The van der Waals surface area contributed by atoms with Gasteiger partial charge in [-0.2, -0.15) is 0 Å². The molecule has 0 aliphatic heterocycles. The normalized spacial score (nSPS) is 11.8. The van der Waals surface area contributed by atoms with Gasteiger partial charge in [0.05, 0.1) is 39.1 Å². The van der Waals surface area contributed by atoms with Crippen LogP contribution < -0.4 is 0 Å². The Morgan fingerprint density at radius 1 is 0.328 bits per heavy atom. The monoisotopic (exact) mass is 738 g/mol. The SMILES string of the molecule is c1ccc(-c2cc(-c3ccc4c(-n5c6ccccc6c6c5ccc5c7ccccc7n(-c7ccc8ccccc8c7)c56)cccc4c3)nc(-c3ccccc3)n2)cc1. The van der Waals surface area contributed by atoms with E-state index in [0.717, 1.165) is 44.8 Å². The van der Waals surface area contributed by atoms with Crippen LogP contribution in [0.4, 0.5) is 0 Å². The van der Waals surface area contributed by atoms with E-state index in [1.165, 1.54) is 59.8 Å². The number of fused-ring (bicyclic) bond motifs is 9. The average Bonchev–Trinajstić information content (AvgIpc) is 3.82. The van der Waals surface area contributed by atoms with Gasteiger partial charge in [0.25, 0.3) is 0 Å². The molecule has 0 aliphatic rings. The van der Waals surface area contributed by atoms with Crippen LogP contribution in [0.25, 0.3) is 110 Å². The van der Waals surface area contributed by atoms with Gasteiger partial charge in [-0.15, -0.1) is 0 Å². The highest BCUT2D eigenvalue weighted by atomic mass is 15.0. The second-order valence-electron chi connectivity index (χ2n) is 15.0. The van der Waals surface area contributed by atoms with E-state index in [2.05, 4.69) is 191 Å². The summed E-state index contributed by atoms with van der Waals surface area (Å²) < 4.78 is 4.93. The first-order valence-corrected chi connectivity index (χ1v) is 19.7. The predicted octanol–water partition coefficient (Wildman–Crippen LogP) is 14.0. The van der Waals surface area contributed by atoms with E-state index in [4.69, 9.17) is 9.97 Å². The Morgan fingerprint density at radius 3 is 1.78 bits per heavy atom. The minimum absolute atomic E-state index is 0.712. The molecule has 12 rings (SSSR count). The van der Waals surface area contributed by atoms with Crippen molar-refractivity contribution in [1.82, 2.24) is 19.1 Å². The van der Waals surface area contributed by atoms with Crippen molar-refractivity contribution < 1.29 is 0 Å². The van der Waals surface area contributed by atoms with Gasteiger partial charge in [-0.1, -0.05) is 158 Å². The van der Waals surface area contributed by atoms with E-state index in [1.807, 2.05) is 24.3 Å². The van der Waals surface area contributed by atoms with Crippen LogP contribution >= 0.6 is 0 Å². The van der Waals surface area contributed by atoms with Gasteiger partial charge in [0.15, 0.2) is 5.82 Å². The zero-order valence-electron chi connectivity index (χ0n) is 31.4. The maximum atomic E-state index is 5.14. The molecule has 4 heteroatoms. The quantitative estimate of drug-likeness (QED) is 0.176. The van der Waals surface area contributed by atoms with Crippen molar-refractivity contribution in [2.24, 2.45) is 0 Å². The molecule has 0 N–H and O–H groups in total. The summed E-state index contributed by atoms with van der Waals surface area (Å²) in [5.74, 6) is 0.712. The van der Waals surface area contributed by atoms with Crippen molar-refractivity contribution in [3.8, 4) is 45.3 Å². The van der Waals surface area contributed by atoms with Gasteiger partial charge in [-0.05, 0) is 64.7 Å². The molecule has 0 saturated carbocycles. The lowest BCUT2D eigenvalue weighted by molar-refractivity contribution is 1.18. The molecule has 0 unspecified atom stereocenters. The maximum absolute atomic E-state index is 5.14. The van der Waals surface area contributed by atoms with Crippen LogP contribution in [0.1, 0.15) is 0 Å². The zero-order chi connectivity index (χ0) is 38.2. The van der Waals surface area contributed by atoms with Crippen LogP contribution in [0.3, 0.4) is 0 Å². The molecule has 0 radical (unpaired) electrons. The van der Waals surface area contributed by atoms with E-state index in [1.54, 1.807) is 0 Å². The summed E-state index contributed by atoms with van der Waals surface area (Å²) in [4.78, 5) is 10.2. The Bertz CT molecular complexity index is 3500. The van der Waals surface area contributed by atoms with Crippen LogP contribution in [-0.2, 0) is 0 Å². The van der Waals surface area contributed by atoms with Gasteiger partial charge in [0, 0.05) is 49.3 Å². The lowest BCUT2D eigenvalue weighted by Gasteiger charge is -2.14. The van der Waals surface area contributed by atoms with E-state index >= 15 is 0 Å². The summed E-state index contributed by atoms with van der Waals surface area (Å²) >= 11 is 0. The number of hydrogen-bond donors (Lipinski definition) is 0. The van der Waals surface area contributed by atoms with Crippen LogP contribution in [0.15, 0.2) is 206 Å². The largest absolute Gasteiger partial charge is 0.309 e. The molecule has 4 nitrogen and oxygen atoms in total. The Balaban J connectivity index is 1.09. The number of hydrogen-bond acceptors (Lipinski definition) is 2. The van der Waals surface area contributed by atoms with Crippen molar-refractivity contribution in [1.29, 1.82) is 0 Å². The fraction of sp³-hybridized carbons (Fsp3) is 0. The molecule has 12 aromatic rings. The van der Waals surface area contributed by atoms with Crippen molar-refractivity contribution in [3.05, 3.63) is 206 Å². The summed E-state index contributed by atoms with van der Waals surface area (Å²) in [6, 6.07) is 73.8. The van der Waals surface area contributed by atoms with Gasteiger partial charge in [-0.25, -0.2) is 9.97 Å². The Hall–Kier alpha value is -7.82. The number of aromatic nitrogens is 4. The second-order valence-corrected chi connectivity index (χ2v) is 15.0. The third-order valence-electron chi connectivity index (χ3n) is 11.7. The fourth-order valence-corrected chi connectivity index (χ4v) is 9.04. The second kappa shape index (κ2) is 12.9. The third kappa shape index (κ3) is 5.02. The Labute approximate surface area is 334 Å². The van der Waals surface area contributed by atoms with Crippen LogP contribution in [0.2, 0.25) is 0 Å². The van der Waals surface area contributed by atoms with Crippen LogP contribution in [-0.4, -0.2) is 19.1 Å². The molecule has 270 valence electrons. The number of nitrogens with zero attached hydrogens (tertiary/aromatic N) is 4. The highest BCUT2D eigenvalue weighted by Gasteiger charge is 2.22.